The van der Waals surface area contributed by atoms with Gasteiger partial charge in [0.25, 0.3) is 0 Å². The molecule has 1 aliphatic carbocycles. The molecule has 4 nitrogen and oxygen atoms in total. The molecule has 0 bridgehead atoms. The predicted molar refractivity (Wildman–Crippen MR) is 133 cm³/mol. The Morgan fingerprint density at radius 2 is 1.70 bits per heavy atom. The molecular formula is C28H31NO3S. The van der Waals surface area contributed by atoms with Gasteiger partial charge in [-0.05, 0) is 53.8 Å². The summed E-state index contributed by atoms with van der Waals surface area (Å²) in [6.07, 6.45) is 2.69. The Kier molecular flexibility index (Phi) is 7.86. The van der Waals surface area contributed by atoms with Gasteiger partial charge >= 0.3 is 0 Å². The lowest BCUT2D eigenvalue weighted by molar-refractivity contribution is -0.127. The van der Waals surface area contributed by atoms with Gasteiger partial charge in [0.05, 0.1) is 18.2 Å². The molecule has 5 heteroatoms. The lowest BCUT2D eigenvalue weighted by Crippen LogP contribution is -2.39. The first-order valence-electron chi connectivity index (χ1n) is 11.4. The van der Waals surface area contributed by atoms with Crippen molar-refractivity contribution in [2.45, 2.75) is 48.8 Å². The number of amides is 1. The van der Waals surface area contributed by atoms with Gasteiger partial charge in [0.2, 0.25) is 5.91 Å². The number of aliphatic hydroxyl groups is 2. The summed E-state index contributed by atoms with van der Waals surface area (Å²) in [5, 5.41) is 24.6. The normalized spacial score (nSPS) is 19.0. The van der Waals surface area contributed by atoms with Crippen molar-refractivity contribution in [2.24, 2.45) is 5.92 Å². The number of benzene rings is 3. The fourth-order valence-corrected chi connectivity index (χ4v) is 5.37. The van der Waals surface area contributed by atoms with Crippen LogP contribution in [0, 0.1) is 5.92 Å². The molecule has 0 fully saturated rings. The second kappa shape index (κ2) is 11.0. The van der Waals surface area contributed by atoms with E-state index in [1.54, 1.807) is 11.8 Å². The molecule has 0 saturated heterocycles. The first kappa shape index (κ1) is 23.6. The van der Waals surface area contributed by atoms with Crippen molar-refractivity contribution in [3.05, 3.63) is 101 Å². The van der Waals surface area contributed by atoms with E-state index in [1.807, 2.05) is 79.1 Å². The van der Waals surface area contributed by atoms with E-state index in [0.717, 1.165) is 27.1 Å². The molecule has 1 unspecified atom stereocenters. The largest absolute Gasteiger partial charge is 0.393 e. The van der Waals surface area contributed by atoms with Gasteiger partial charge in [-0.2, -0.15) is 0 Å². The highest BCUT2D eigenvalue weighted by atomic mass is 32.2. The summed E-state index contributed by atoms with van der Waals surface area (Å²) in [5.74, 6) is -0.527. The van der Waals surface area contributed by atoms with Gasteiger partial charge in [0.1, 0.15) is 0 Å². The van der Waals surface area contributed by atoms with Crippen LogP contribution in [-0.4, -0.2) is 34.6 Å². The Labute approximate surface area is 200 Å². The number of thioether (sulfide) groups is 1. The predicted octanol–water partition coefficient (Wildman–Crippen LogP) is 4.34. The fraction of sp³-hybridized carbons (Fsp3) is 0.321. The zero-order valence-corrected chi connectivity index (χ0v) is 19.7. The van der Waals surface area contributed by atoms with E-state index in [-0.39, 0.29) is 5.91 Å². The molecule has 0 radical (unpaired) electrons. The average molecular weight is 462 g/mol. The van der Waals surface area contributed by atoms with Crippen molar-refractivity contribution in [1.82, 2.24) is 5.32 Å². The first-order chi connectivity index (χ1) is 16.0. The molecule has 1 aliphatic rings. The number of fused-ring (bicyclic) bond motifs is 1. The molecule has 172 valence electrons. The summed E-state index contributed by atoms with van der Waals surface area (Å²) < 4.78 is 0. The van der Waals surface area contributed by atoms with Gasteiger partial charge in [-0.3, -0.25) is 4.79 Å². The van der Waals surface area contributed by atoms with Gasteiger partial charge < -0.3 is 15.5 Å². The van der Waals surface area contributed by atoms with Gasteiger partial charge in [0.15, 0.2) is 0 Å². The van der Waals surface area contributed by atoms with Crippen LogP contribution in [0.4, 0.5) is 0 Å². The minimum Gasteiger partial charge on any atom is -0.393 e. The highest BCUT2D eigenvalue weighted by Gasteiger charge is 2.34. The Morgan fingerprint density at radius 1 is 1.00 bits per heavy atom. The van der Waals surface area contributed by atoms with Gasteiger partial charge in [-0.1, -0.05) is 72.8 Å². The van der Waals surface area contributed by atoms with Crippen LogP contribution in [0.3, 0.4) is 0 Å². The Bertz CT molecular complexity index is 1070. The fourth-order valence-electron chi connectivity index (χ4n) is 4.74. The summed E-state index contributed by atoms with van der Waals surface area (Å²) in [6, 6.07) is 25.4. The molecule has 0 aliphatic heterocycles. The van der Waals surface area contributed by atoms with Crippen LogP contribution in [-0.2, 0) is 24.1 Å². The molecular weight excluding hydrogens is 430 g/mol. The molecule has 33 heavy (non-hydrogen) atoms. The van der Waals surface area contributed by atoms with Gasteiger partial charge in [0, 0.05) is 17.2 Å². The molecule has 4 rings (SSSR count). The molecule has 3 aromatic rings. The Hall–Kier alpha value is -2.60. The molecule has 0 aromatic heterocycles. The summed E-state index contributed by atoms with van der Waals surface area (Å²) in [7, 11) is 0. The summed E-state index contributed by atoms with van der Waals surface area (Å²) in [4.78, 5) is 14.6. The maximum Gasteiger partial charge on any atom is 0.224 e. The van der Waals surface area contributed by atoms with Crippen LogP contribution in [0.2, 0.25) is 0 Å². The number of aliphatic hydroxyl groups excluding tert-OH is 2. The summed E-state index contributed by atoms with van der Waals surface area (Å²) >= 11 is 1.66. The second-order valence-corrected chi connectivity index (χ2v) is 9.60. The van der Waals surface area contributed by atoms with Crippen LogP contribution in [0.25, 0.3) is 0 Å². The van der Waals surface area contributed by atoms with Crippen LogP contribution >= 0.6 is 11.8 Å². The number of hydrogen-bond donors (Lipinski definition) is 3. The van der Waals surface area contributed by atoms with Crippen molar-refractivity contribution in [1.29, 1.82) is 0 Å². The molecule has 3 N–H and O–H groups in total. The maximum atomic E-state index is 13.4. The maximum absolute atomic E-state index is 13.4. The average Bonchev–Trinajstić information content (AvgIpc) is 3.14. The van der Waals surface area contributed by atoms with E-state index in [0.29, 0.717) is 25.7 Å². The number of rotatable bonds is 9. The minimum absolute atomic E-state index is 0.128. The molecule has 0 spiro atoms. The SMILES string of the molecule is CSc1ccccc1C[C@@H](O)C[C@@H](Cc1ccccc1)C(=O)NC1c2ccccc2C[C@H]1O. The van der Waals surface area contributed by atoms with Crippen LogP contribution < -0.4 is 5.32 Å². The Balaban J connectivity index is 1.50. The molecule has 1 amide bonds. The highest BCUT2D eigenvalue weighted by Crippen LogP contribution is 2.32. The zero-order valence-electron chi connectivity index (χ0n) is 18.9. The van der Waals surface area contributed by atoms with E-state index in [4.69, 9.17) is 0 Å². The quantitative estimate of drug-likeness (QED) is 0.415. The van der Waals surface area contributed by atoms with Crippen LogP contribution in [0.5, 0.6) is 0 Å². The Morgan fingerprint density at radius 3 is 2.48 bits per heavy atom. The molecule has 4 atom stereocenters. The van der Waals surface area contributed by atoms with Gasteiger partial charge in [-0.15, -0.1) is 11.8 Å². The lowest BCUT2D eigenvalue weighted by atomic mass is 9.90. The minimum atomic E-state index is -0.640. The molecule has 3 aromatic carbocycles. The van der Waals surface area contributed by atoms with Crippen molar-refractivity contribution in [3.8, 4) is 0 Å². The molecule has 0 heterocycles. The third kappa shape index (κ3) is 5.85. The van der Waals surface area contributed by atoms with E-state index in [1.165, 1.54) is 0 Å². The van der Waals surface area contributed by atoms with E-state index < -0.39 is 24.2 Å². The third-order valence-corrected chi connectivity index (χ3v) is 7.24. The van der Waals surface area contributed by atoms with Crippen molar-refractivity contribution < 1.29 is 15.0 Å². The van der Waals surface area contributed by atoms with Crippen molar-refractivity contribution in [3.63, 3.8) is 0 Å². The van der Waals surface area contributed by atoms with Crippen LogP contribution in [0.1, 0.15) is 34.7 Å². The lowest BCUT2D eigenvalue weighted by Gasteiger charge is -2.24. The topological polar surface area (TPSA) is 69.6 Å². The first-order valence-corrected chi connectivity index (χ1v) is 12.7. The highest BCUT2D eigenvalue weighted by molar-refractivity contribution is 7.98. The number of carbonyl (C=O) groups is 1. The van der Waals surface area contributed by atoms with E-state index in [9.17, 15) is 15.0 Å². The standard InChI is InChI=1S/C28H31NO3S/c1-33-26-14-8-6-12-21(26)16-23(30)17-22(15-19-9-3-2-4-10-19)28(32)29-27-24-13-7-5-11-20(24)18-25(27)31/h2-14,22-23,25,27,30-31H,15-18H2,1H3,(H,29,32)/t22-,23-,25-,27?/m1/s1. The second-order valence-electron chi connectivity index (χ2n) is 8.75. The zero-order chi connectivity index (χ0) is 23.2. The van der Waals surface area contributed by atoms with Crippen molar-refractivity contribution in [2.75, 3.05) is 6.26 Å². The molecule has 0 saturated carbocycles. The number of carbonyl (C=O) groups excluding carboxylic acids is 1. The van der Waals surface area contributed by atoms with E-state index >= 15 is 0 Å². The number of nitrogens with one attached hydrogen (secondary N) is 1. The van der Waals surface area contributed by atoms with Crippen LogP contribution in [0.15, 0.2) is 83.8 Å². The van der Waals surface area contributed by atoms with Crippen molar-refractivity contribution >= 4 is 17.7 Å². The summed E-state index contributed by atoms with van der Waals surface area (Å²) in [5.41, 5.74) is 4.20. The monoisotopic (exact) mass is 461 g/mol. The number of hydrogen-bond acceptors (Lipinski definition) is 4. The third-order valence-electron chi connectivity index (χ3n) is 6.40. The smallest absolute Gasteiger partial charge is 0.224 e. The van der Waals surface area contributed by atoms with E-state index in [2.05, 4.69) is 11.4 Å². The van der Waals surface area contributed by atoms with Gasteiger partial charge in [-0.25, -0.2) is 0 Å². The summed E-state index contributed by atoms with van der Waals surface area (Å²) in [6.45, 7) is 0.